The van der Waals surface area contributed by atoms with E-state index in [0.717, 1.165) is 5.56 Å². The summed E-state index contributed by atoms with van der Waals surface area (Å²) < 4.78 is 5.09. The first-order valence-corrected chi connectivity index (χ1v) is 5.44. The third-order valence-corrected chi connectivity index (χ3v) is 2.17. The Morgan fingerprint density at radius 3 is 2.67 bits per heavy atom. The zero-order valence-corrected chi connectivity index (χ0v) is 10.2. The van der Waals surface area contributed by atoms with Crippen LogP contribution >= 0.6 is 0 Å². The summed E-state index contributed by atoms with van der Waals surface area (Å²) in [5.41, 5.74) is 1.03. The molecule has 0 aromatic heterocycles. The van der Waals surface area contributed by atoms with Crippen LogP contribution < -0.4 is 0 Å². The lowest BCUT2D eigenvalue weighted by Gasteiger charge is -1.99. The van der Waals surface area contributed by atoms with Crippen molar-refractivity contribution in [1.29, 1.82) is 0 Å². The Hall–Kier alpha value is -2.43. The Kier molecular flexibility index (Phi) is 3.52. The van der Waals surface area contributed by atoms with Gasteiger partial charge in [-0.15, -0.1) is 0 Å². The zero-order valence-electron chi connectivity index (χ0n) is 10.2. The van der Waals surface area contributed by atoms with Crippen LogP contribution in [-0.2, 0) is 9.53 Å². The predicted octanol–water partition coefficient (Wildman–Crippen LogP) is 1.42. The number of hydrogen-bond donors (Lipinski definition) is 0. The predicted molar refractivity (Wildman–Crippen MR) is 69.3 cm³/mol. The van der Waals surface area contributed by atoms with Crippen molar-refractivity contribution in [3.8, 4) is 0 Å². The number of hydrazone groups is 1. The summed E-state index contributed by atoms with van der Waals surface area (Å²) in [6.07, 6.45) is 3.03. The molecule has 0 spiro atoms. The fourth-order valence-electron chi connectivity index (χ4n) is 1.36. The Labute approximate surface area is 105 Å². The summed E-state index contributed by atoms with van der Waals surface area (Å²) in [4.78, 5) is 15.7. The van der Waals surface area contributed by atoms with Gasteiger partial charge in [-0.3, -0.25) is 0 Å². The summed E-state index contributed by atoms with van der Waals surface area (Å²) in [5.74, 6) is -0.135. The van der Waals surface area contributed by atoms with Gasteiger partial charge in [-0.1, -0.05) is 18.2 Å². The van der Waals surface area contributed by atoms with E-state index < -0.39 is 5.97 Å². The molecule has 0 radical (unpaired) electrons. The Morgan fingerprint density at radius 1 is 1.28 bits per heavy atom. The van der Waals surface area contributed by atoms with Crippen molar-refractivity contribution in [2.24, 2.45) is 10.1 Å². The molecule has 0 amide bonds. The van der Waals surface area contributed by atoms with Crippen molar-refractivity contribution in [2.75, 3.05) is 14.1 Å². The van der Waals surface area contributed by atoms with Crippen molar-refractivity contribution >= 4 is 18.1 Å². The van der Waals surface area contributed by atoms with Crippen LogP contribution in [0.25, 0.3) is 0 Å². The van der Waals surface area contributed by atoms with Crippen LogP contribution in [0.3, 0.4) is 0 Å². The number of carbonyl (C=O) groups excluding carboxylic acids is 1. The highest BCUT2D eigenvalue weighted by Gasteiger charge is 2.23. The molecule has 1 heterocycles. The van der Waals surface area contributed by atoms with Gasteiger partial charge in [0.15, 0.2) is 5.70 Å². The van der Waals surface area contributed by atoms with E-state index in [-0.39, 0.29) is 5.70 Å². The molecule has 0 bridgehead atoms. The molecule has 2 rings (SSSR count). The van der Waals surface area contributed by atoms with Crippen molar-refractivity contribution in [3.05, 3.63) is 47.7 Å². The molecule has 1 aromatic carbocycles. The van der Waals surface area contributed by atoms with Crippen molar-refractivity contribution in [2.45, 2.75) is 0 Å². The lowest BCUT2D eigenvalue weighted by atomic mass is 10.2. The number of carbonyl (C=O) groups is 1. The van der Waals surface area contributed by atoms with Gasteiger partial charge in [-0.2, -0.15) is 5.10 Å². The van der Waals surface area contributed by atoms with Crippen LogP contribution in [0.5, 0.6) is 0 Å². The second kappa shape index (κ2) is 5.27. The molecular formula is C13H13N3O2. The van der Waals surface area contributed by atoms with E-state index in [9.17, 15) is 4.79 Å². The number of benzene rings is 1. The third kappa shape index (κ3) is 2.82. The first-order chi connectivity index (χ1) is 8.66. The third-order valence-electron chi connectivity index (χ3n) is 2.17. The smallest absolute Gasteiger partial charge is 0.363 e. The zero-order chi connectivity index (χ0) is 13.0. The fraction of sp³-hybridized carbons (Fsp3) is 0.154. The molecule has 0 atom stereocenters. The lowest BCUT2D eigenvalue weighted by Crippen LogP contribution is -2.05. The molecule has 0 saturated heterocycles. The average Bonchev–Trinajstić information content (AvgIpc) is 2.72. The highest BCUT2D eigenvalue weighted by atomic mass is 16.6. The minimum absolute atomic E-state index is 0.249. The van der Waals surface area contributed by atoms with Crippen LogP contribution in [0.2, 0.25) is 0 Å². The van der Waals surface area contributed by atoms with Gasteiger partial charge in [0.2, 0.25) is 5.90 Å². The van der Waals surface area contributed by atoms with E-state index in [1.165, 1.54) is 12.3 Å². The van der Waals surface area contributed by atoms with E-state index in [1.54, 1.807) is 19.1 Å². The van der Waals surface area contributed by atoms with Crippen LogP contribution in [-0.4, -0.2) is 37.2 Å². The maximum absolute atomic E-state index is 11.6. The molecule has 0 unspecified atom stereocenters. The van der Waals surface area contributed by atoms with E-state index in [0.29, 0.717) is 5.90 Å². The molecule has 0 saturated carbocycles. The Balaban J connectivity index is 2.20. The molecule has 18 heavy (non-hydrogen) atoms. The molecule has 1 aliphatic rings. The highest BCUT2D eigenvalue weighted by molar-refractivity contribution is 6.12. The molecule has 5 heteroatoms. The average molecular weight is 243 g/mol. The first kappa shape index (κ1) is 12.0. The number of cyclic esters (lactones) is 1. The fourth-order valence-corrected chi connectivity index (χ4v) is 1.36. The monoisotopic (exact) mass is 243 g/mol. The number of ether oxygens (including phenoxy) is 1. The van der Waals surface area contributed by atoms with E-state index in [4.69, 9.17) is 4.74 Å². The maximum atomic E-state index is 11.6. The number of rotatable bonds is 3. The van der Waals surface area contributed by atoms with Gasteiger partial charge in [0, 0.05) is 25.9 Å². The van der Waals surface area contributed by atoms with Gasteiger partial charge < -0.3 is 9.75 Å². The quantitative estimate of drug-likeness (QED) is 0.349. The second-order valence-corrected chi connectivity index (χ2v) is 3.84. The highest BCUT2D eigenvalue weighted by Crippen LogP contribution is 2.15. The molecule has 92 valence electrons. The molecular weight excluding hydrogens is 230 g/mol. The number of allylic oxidation sites excluding steroid dienone is 1. The van der Waals surface area contributed by atoms with Gasteiger partial charge in [-0.25, -0.2) is 9.79 Å². The summed E-state index contributed by atoms with van der Waals surface area (Å²) in [7, 11) is 3.58. The van der Waals surface area contributed by atoms with Crippen molar-refractivity contribution in [3.63, 3.8) is 0 Å². The summed E-state index contributed by atoms with van der Waals surface area (Å²) in [6, 6.07) is 9.29. The Morgan fingerprint density at radius 2 is 2.00 bits per heavy atom. The number of hydrogen-bond acceptors (Lipinski definition) is 5. The van der Waals surface area contributed by atoms with E-state index >= 15 is 0 Å². The van der Waals surface area contributed by atoms with Crippen LogP contribution in [0.15, 0.2) is 52.2 Å². The van der Waals surface area contributed by atoms with Gasteiger partial charge in [-0.05, 0) is 18.2 Å². The number of aliphatic imine (C=N–C) groups is 1. The van der Waals surface area contributed by atoms with Crippen LogP contribution in [0.1, 0.15) is 5.56 Å². The molecule has 1 aromatic rings. The van der Waals surface area contributed by atoms with Gasteiger partial charge >= 0.3 is 5.97 Å². The number of esters is 1. The minimum Gasteiger partial charge on any atom is -0.402 e. The van der Waals surface area contributed by atoms with Crippen LogP contribution in [0.4, 0.5) is 0 Å². The molecule has 1 aliphatic heterocycles. The molecule has 5 nitrogen and oxygen atoms in total. The van der Waals surface area contributed by atoms with Crippen molar-refractivity contribution < 1.29 is 9.53 Å². The lowest BCUT2D eigenvalue weighted by molar-refractivity contribution is -0.130. The SMILES string of the molecule is CN(C)/N=C/C=C1/N=C(c2ccccc2)OC1=O. The van der Waals surface area contributed by atoms with Crippen molar-refractivity contribution in [1.82, 2.24) is 5.01 Å². The largest absolute Gasteiger partial charge is 0.402 e. The maximum Gasteiger partial charge on any atom is 0.363 e. The van der Waals surface area contributed by atoms with Gasteiger partial charge in [0.1, 0.15) is 0 Å². The minimum atomic E-state index is -0.459. The molecule has 0 aliphatic carbocycles. The summed E-state index contributed by atoms with van der Waals surface area (Å²) in [6.45, 7) is 0. The number of nitrogens with zero attached hydrogens (tertiary/aromatic N) is 3. The van der Waals surface area contributed by atoms with Gasteiger partial charge in [0.25, 0.3) is 0 Å². The Bertz CT molecular complexity index is 530. The summed E-state index contributed by atoms with van der Waals surface area (Å²) >= 11 is 0. The topological polar surface area (TPSA) is 54.3 Å². The molecule has 0 N–H and O–H groups in total. The van der Waals surface area contributed by atoms with Gasteiger partial charge in [0.05, 0.1) is 0 Å². The second-order valence-electron chi connectivity index (χ2n) is 3.84. The van der Waals surface area contributed by atoms with E-state index in [1.807, 2.05) is 30.3 Å². The first-order valence-electron chi connectivity index (χ1n) is 5.44. The molecule has 0 fully saturated rings. The standard InChI is InChI=1S/C13H13N3O2/c1-16(2)14-9-8-11-13(17)18-12(15-11)10-6-4-3-5-7-10/h3-9H,1-2H3/b11-8+,14-9+. The normalized spacial score (nSPS) is 17.1. The summed E-state index contributed by atoms with van der Waals surface area (Å²) in [5, 5.41) is 5.60. The van der Waals surface area contributed by atoms with E-state index in [2.05, 4.69) is 10.1 Å². The van der Waals surface area contributed by atoms with Crippen LogP contribution in [0, 0.1) is 0 Å².